The third-order valence-corrected chi connectivity index (χ3v) is 5.62. The number of hydrogen-bond acceptors (Lipinski definition) is 5. The van der Waals surface area contributed by atoms with Crippen LogP contribution in [0.2, 0.25) is 0 Å². The molecule has 0 aliphatic carbocycles. The molecule has 2 aromatic carbocycles. The molecule has 0 bridgehead atoms. The summed E-state index contributed by atoms with van der Waals surface area (Å²) in [5, 5.41) is 11.3. The van der Waals surface area contributed by atoms with Crippen molar-refractivity contribution < 1.29 is 14.7 Å². The second-order valence-corrected chi connectivity index (χ2v) is 7.93. The van der Waals surface area contributed by atoms with Gasteiger partial charge in [0.2, 0.25) is 12.3 Å². The highest BCUT2D eigenvalue weighted by Gasteiger charge is 2.23. The van der Waals surface area contributed by atoms with Gasteiger partial charge in [-0.15, -0.1) is 0 Å². The van der Waals surface area contributed by atoms with Crippen LogP contribution in [0.3, 0.4) is 0 Å². The molecule has 7 nitrogen and oxygen atoms in total. The topological polar surface area (TPSA) is 76.1 Å². The predicted molar refractivity (Wildman–Crippen MR) is 122 cm³/mol. The lowest BCUT2D eigenvalue weighted by Crippen LogP contribution is -2.50. The van der Waals surface area contributed by atoms with Crippen LogP contribution in [0.15, 0.2) is 54.6 Å². The Bertz CT molecular complexity index is 799. The maximum absolute atomic E-state index is 12.3. The van der Waals surface area contributed by atoms with Crippen molar-refractivity contribution >= 4 is 18.0 Å². The number of phenols is 1. The van der Waals surface area contributed by atoms with Crippen molar-refractivity contribution in [2.75, 3.05) is 51.1 Å². The van der Waals surface area contributed by atoms with Gasteiger partial charge in [0.1, 0.15) is 5.75 Å². The predicted octanol–water partition coefficient (Wildman–Crippen LogP) is 2.39. The summed E-state index contributed by atoms with van der Waals surface area (Å²) in [5.41, 5.74) is 2.03. The maximum atomic E-state index is 12.3. The van der Waals surface area contributed by atoms with Crippen LogP contribution in [0.4, 0.5) is 5.69 Å². The minimum Gasteiger partial charge on any atom is -0.508 e. The van der Waals surface area contributed by atoms with Crippen molar-refractivity contribution in [3.8, 4) is 5.75 Å². The fraction of sp³-hybridized carbons (Fsp3) is 0.417. The van der Waals surface area contributed by atoms with Crippen molar-refractivity contribution in [1.82, 2.24) is 14.7 Å². The Balaban J connectivity index is 0.000000229. The fourth-order valence-electron chi connectivity index (χ4n) is 3.85. The molecule has 0 saturated carbocycles. The Kier molecular flexibility index (Phi) is 8.87. The molecule has 0 atom stereocenters. The molecule has 7 heteroatoms. The number of rotatable bonds is 6. The van der Waals surface area contributed by atoms with Gasteiger partial charge in [-0.3, -0.25) is 19.4 Å². The Labute approximate surface area is 184 Å². The zero-order valence-electron chi connectivity index (χ0n) is 17.9. The van der Waals surface area contributed by atoms with Gasteiger partial charge in [0, 0.05) is 38.4 Å². The molecule has 2 heterocycles. The van der Waals surface area contributed by atoms with E-state index >= 15 is 0 Å². The molecule has 0 unspecified atom stereocenters. The molecule has 166 valence electrons. The van der Waals surface area contributed by atoms with E-state index in [4.69, 9.17) is 5.11 Å². The van der Waals surface area contributed by atoms with E-state index in [1.165, 1.54) is 30.5 Å². The first-order valence-electron chi connectivity index (χ1n) is 10.9. The van der Waals surface area contributed by atoms with E-state index in [2.05, 4.69) is 45.4 Å². The average Bonchev–Trinajstić information content (AvgIpc) is 3.30. The van der Waals surface area contributed by atoms with Crippen LogP contribution in [0.5, 0.6) is 5.75 Å². The summed E-state index contributed by atoms with van der Waals surface area (Å²) in [7, 11) is 0. The highest BCUT2D eigenvalue weighted by molar-refractivity contribution is 5.78. The van der Waals surface area contributed by atoms with E-state index in [1.54, 1.807) is 12.1 Å². The lowest BCUT2D eigenvalue weighted by Gasteiger charge is -2.35. The summed E-state index contributed by atoms with van der Waals surface area (Å²) in [5.74, 6) is 0.507. The molecular weight excluding hydrogens is 392 g/mol. The third-order valence-electron chi connectivity index (χ3n) is 5.62. The third kappa shape index (κ3) is 7.70. The zero-order chi connectivity index (χ0) is 21.9. The van der Waals surface area contributed by atoms with E-state index in [9.17, 15) is 9.59 Å². The van der Waals surface area contributed by atoms with Gasteiger partial charge in [0.25, 0.3) is 0 Å². The van der Waals surface area contributed by atoms with E-state index in [1.807, 2.05) is 4.90 Å². The number of amides is 2. The first-order chi connectivity index (χ1) is 15.1. The Morgan fingerprint density at radius 1 is 0.871 bits per heavy atom. The summed E-state index contributed by atoms with van der Waals surface area (Å²) in [6.45, 7) is 7.54. The maximum Gasteiger partial charge on any atom is 0.236 e. The lowest BCUT2D eigenvalue weighted by molar-refractivity contribution is -0.134. The molecule has 2 aliphatic heterocycles. The molecule has 0 aromatic heterocycles. The molecule has 2 fully saturated rings. The highest BCUT2D eigenvalue weighted by Crippen LogP contribution is 2.13. The van der Waals surface area contributed by atoms with Crippen LogP contribution in [-0.4, -0.2) is 77.9 Å². The van der Waals surface area contributed by atoms with Crippen LogP contribution in [0, 0.1) is 0 Å². The summed E-state index contributed by atoms with van der Waals surface area (Å²) < 4.78 is 0. The van der Waals surface area contributed by atoms with E-state index in [0.29, 0.717) is 24.5 Å². The summed E-state index contributed by atoms with van der Waals surface area (Å²) >= 11 is 0. The Hall–Kier alpha value is -2.90. The van der Waals surface area contributed by atoms with Gasteiger partial charge in [-0.25, -0.2) is 0 Å². The Morgan fingerprint density at radius 2 is 1.52 bits per heavy atom. The monoisotopic (exact) mass is 424 g/mol. The van der Waals surface area contributed by atoms with Crippen LogP contribution < -0.4 is 5.32 Å². The highest BCUT2D eigenvalue weighted by atomic mass is 16.3. The number of likely N-dealkylation sites (tertiary alicyclic amines) is 1. The minimum atomic E-state index is 0.191. The average molecular weight is 425 g/mol. The largest absolute Gasteiger partial charge is 0.508 e. The van der Waals surface area contributed by atoms with Gasteiger partial charge < -0.3 is 15.3 Å². The normalized spacial score (nSPS) is 17.0. The smallest absolute Gasteiger partial charge is 0.236 e. The second-order valence-electron chi connectivity index (χ2n) is 7.93. The molecule has 4 rings (SSSR count). The van der Waals surface area contributed by atoms with E-state index < -0.39 is 0 Å². The number of phenolic OH excluding ortho intramolecular Hbond substituents is 1. The number of anilines is 1. The number of aromatic hydroxyl groups is 1. The summed E-state index contributed by atoms with van der Waals surface area (Å²) in [6.07, 6.45) is 3.09. The number of nitrogens with one attached hydrogen (secondary N) is 1. The molecule has 2 aromatic rings. The number of carbonyl (C=O) groups is 2. The van der Waals surface area contributed by atoms with Crippen LogP contribution in [-0.2, 0) is 16.1 Å². The lowest BCUT2D eigenvalue weighted by atomic mass is 10.2. The SMILES string of the molecule is O=C(CN1CCCC1)N1CCN(Cc2ccccc2)CC1.O=CNc1ccc(O)cc1. The van der Waals surface area contributed by atoms with Crippen molar-refractivity contribution in [2.45, 2.75) is 19.4 Å². The van der Waals surface area contributed by atoms with Crippen molar-refractivity contribution in [3.63, 3.8) is 0 Å². The van der Waals surface area contributed by atoms with Crippen molar-refractivity contribution in [3.05, 3.63) is 60.2 Å². The second kappa shape index (κ2) is 12.1. The molecule has 2 amide bonds. The Morgan fingerprint density at radius 3 is 2.13 bits per heavy atom. The molecule has 2 N–H and O–H groups in total. The van der Waals surface area contributed by atoms with E-state index in [0.717, 1.165) is 45.8 Å². The van der Waals surface area contributed by atoms with Crippen molar-refractivity contribution in [1.29, 1.82) is 0 Å². The molecular formula is C24H32N4O3. The first-order valence-corrected chi connectivity index (χ1v) is 10.9. The van der Waals surface area contributed by atoms with Crippen LogP contribution in [0.1, 0.15) is 18.4 Å². The van der Waals surface area contributed by atoms with Gasteiger partial charge in [-0.05, 0) is 55.8 Å². The molecule has 0 spiro atoms. The van der Waals surface area contributed by atoms with Crippen molar-refractivity contribution in [2.24, 2.45) is 0 Å². The van der Waals surface area contributed by atoms with Crippen LogP contribution >= 0.6 is 0 Å². The molecule has 31 heavy (non-hydrogen) atoms. The first kappa shape index (κ1) is 22.8. The van der Waals surface area contributed by atoms with Gasteiger partial charge in [0.15, 0.2) is 0 Å². The number of carbonyl (C=O) groups excluding carboxylic acids is 2. The summed E-state index contributed by atoms with van der Waals surface area (Å²) in [4.78, 5) is 28.9. The fourth-order valence-corrected chi connectivity index (χ4v) is 3.85. The minimum absolute atomic E-state index is 0.191. The van der Waals surface area contributed by atoms with Gasteiger partial charge in [0.05, 0.1) is 6.54 Å². The molecule has 2 saturated heterocycles. The number of piperazine rings is 1. The quantitative estimate of drug-likeness (QED) is 0.550. The van der Waals surface area contributed by atoms with Crippen LogP contribution in [0.25, 0.3) is 0 Å². The van der Waals surface area contributed by atoms with E-state index in [-0.39, 0.29) is 5.75 Å². The van der Waals surface area contributed by atoms with Gasteiger partial charge >= 0.3 is 0 Å². The standard InChI is InChI=1S/C17H25N3O.C7H7NO2/c21-17(15-18-8-4-5-9-18)20-12-10-19(11-13-20)14-16-6-2-1-3-7-16;9-5-8-6-1-3-7(10)4-2-6/h1-3,6-7H,4-5,8-15H2;1-5,10H,(H,8,9). The van der Waals surface area contributed by atoms with Gasteiger partial charge in [-0.1, -0.05) is 30.3 Å². The number of benzene rings is 2. The number of nitrogens with zero attached hydrogens (tertiary/aromatic N) is 3. The zero-order valence-corrected chi connectivity index (χ0v) is 17.9. The molecule has 2 aliphatic rings. The number of hydrogen-bond donors (Lipinski definition) is 2. The van der Waals surface area contributed by atoms with Gasteiger partial charge in [-0.2, -0.15) is 0 Å². The molecule has 0 radical (unpaired) electrons. The summed E-state index contributed by atoms with van der Waals surface area (Å²) in [6, 6.07) is 16.8.